The van der Waals surface area contributed by atoms with Gasteiger partial charge in [0.2, 0.25) is 0 Å². The van der Waals surface area contributed by atoms with E-state index in [1.807, 2.05) is 34.6 Å². The van der Waals surface area contributed by atoms with Crippen LogP contribution < -0.4 is 11.1 Å². The standard InChI is InChI=1S/C15H25N3O2/c1-6-20-15(4,5)9-17-14(19)11-7-12(10(2)3)18-13(16)8-11/h7-8,10H,6,9H2,1-5H3,(H2,16,18)(H,17,19). The van der Waals surface area contributed by atoms with Gasteiger partial charge < -0.3 is 15.8 Å². The Kier molecular flexibility index (Phi) is 5.51. The number of nitrogen functional groups attached to an aromatic ring is 1. The van der Waals surface area contributed by atoms with Crippen LogP contribution in [0.25, 0.3) is 0 Å². The van der Waals surface area contributed by atoms with Gasteiger partial charge in [0.25, 0.3) is 5.91 Å². The molecule has 1 amide bonds. The van der Waals surface area contributed by atoms with Crippen molar-refractivity contribution < 1.29 is 9.53 Å². The Balaban J connectivity index is 2.78. The van der Waals surface area contributed by atoms with E-state index in [9.17, 15) is 4.79 Å². The minimum Gasteiger partial charge on any atom is -0.384 e. The average Bonchev–Trinajstić information content (AvgIpc) is 2.35. The van der Waals surface area contributed by atoms with Crippen LogP contribution in [-0.2, 0) is 4.74 Å². The number of pyridine rings is 1. The molecule has 0 aliphatic heterocycles. The largest absolute Gasteiger partial charge is 0.384 e. The molecule has 3 N–H and O–H groups in total. The topological polar surface area (TPSA) is 77.2 Å². The Labute approximate surface area is 120 Å². The molecule has 0 spiro atoms. The Bertz CT molecular complexity index is 470. The second kappa shape index (κ2) is 6.70. The smallest absolute Gasteiger partial charge is 0.251 e. The molecule has 5 heteroatoms. The molecule has 0 fully saturated rings. The van der Waals surface area contributed by atoms with Crippen LogP contribution in [0.3, 0.4) is 0 Å². The number of nitrogens with two attached hydrogens (primary N) is 1. The summed E-state index contributed by atoms with van der Waals surface area (Å²) in [4.78, 5) is 16.4. The number of ether oxygens (including phenoxy) is 1. The highest BCUT2D eigenvalue weighted by atomic mass is 16.5. The summed E-state index contributed by atoms with van der Waals surface area (Å²) in [5, 5.41) is 2.87. The zero-order chi connectivity index (χ0) is 15.3. The molecule has 112 valence electrons. The van der Waals surface area contributed by atoms with Gasteiger partial charge in [-0.25, -0.2) is 4.98 Å². The van der Waals surface area contributed by atoms with Gasteiger partial charge in [-0.05, 0) is 38.8 Å². The molecule has 0 aliphatic rings. The van der Waals surface area contributed by atoms with E-state index in [0.29, 0.717) is 24.5 Å². The van der Waals surface area contributed by atoms with Crippen molar-refractivity contribution in [3.05, 3.63) is 23.4 Å². The van der Waals surface area contributed by atoms with Crippen LogP contribution in [0.1, 0.15) is 56.6 Å². The van der Waals surface area contributed by atoms with Gasteiger partial charge in [0.15, 0.2) is 0 Å². The number of carbonyl (C=O) groups excluding carboxylic acids is 1. The molecule has 1 rings (SSSR count). The van der Waals surface area contributed by atoms with Crippen LogP contribution in [0.5, 0.6) is 0 Å². The number of carbonyl (C=O) groups is 1. The van der Waals surface area contributed by atoms with Gasteiger partial charge in [-0.3, -0.25) is 4.79 Å². The number of amides is 1. The zero-order valence-electron chi connectivity index (χ0n) is 13.0. The van der Waals surface area contributed by atoms with Crippen LogP contribution in [-0.4, -0.2) is 29.6 Å². The van der Waals surface area contributed by atoms with Gasteiger partial charge >= 0.3 is 0 Å². The minimum atomic E-state index is -0.385. The highest BCUT2D eigenvalue weighted by Crippen LogP contribution is 2.16. The van der Waals surface area contributed by atoms with Crippen molar-refractivity contribution in [3.8, 4) is 0 Å². The number of nitrogens with zero attached hydrogens (tertiary/aromatic N) is 1. The van der Waals surface area contributed by atoms with E-state index in [0.717, 1.165) is 5.69 Å². The van der Waals surface area contributed by atoms with Crippen LogP contribution in [0.2, 0.25) is 0 Å². The lowest BCUT2D eigenvalue weighted by Crippen LogP contribution is -2.40. The lowest BCUT2D eigenvalue weighted by molar-refractivity contribution is -0.00815. The first-order chi connectivity index (χ1) is 9.25. The summed E-state index contributed by atoms with van der Waals surface area (Å²) >= 11 is 0. The van der Waals surface area contributed by atoms with Crippen LogP contribution in [0.15, 0.2) is 12.1 Å². The molecular formula is C15H25N3O2. The van der Waals surface area contributed by atoms with Crippen molar-refractivity contribution in [2.24, 2.45) is 0 Å². The number of nitrogens with one attached hydrogen (secondary N) is 1. The molecule has 0 aliphatic carbocycles. The third-order valence-corrected chi connectivity index (χ3v) is 2.93. The molecular weight excluding hydrogens is 254 g/mol. The molecule has 1 aromatic heterocycles. The van der Waals surface area contributed by atoms with Gasteiger partial charge in [0.05, 0.1) is 5.60 Å². The first kappa shape index (κ1) is 16.4. The summed E-state index contributed by atoms with van der Waals surface area (Å²) in [7, 11) is 0. The number of hydrogen-bond acceptors (Lipinski definition) is 4. The van der Waals surface area contributed by atoms with Gasteiger partial charge in [0, 0.05) is 24.4 Å². The Morgan fingerprint density at radius 3 is 2.65 bits per heavy atom. The summed E-state index contributed by atoms with van der Waals surface area (Å²) in [6, 6.07) is 3.37. The zero-order valence-corrected chi connectivity index (χ0v) is 13.0. The molecule has 20 heavy (non-hydrogen) atoms. The van der Waals surface area contributed by atoms with Gasteiger partial charge in [-0.2, -0.15) is 0 Å². The van der Waals surface area contributed by atoms with Crippen molar-refractivity contribution >= 4 is 11.7 Å². The predicted molar refractivity (Wildman–Crippen MR) is 80.8 cm³/mol. The predicted octanol–water partition coefficient (Wildman–Crippen LogP) is 2.33. The van der Waals surface area contributed by atoms with E-state index in [-0.39, 0.29) is 17.4 Å². The number of aromatic nitrogens is 1. The fourth-order valence-electron chi connectivity index (χ4n) is 1.84. The van der Waals surface area contributed by atoms with E-state index < -0.39 is 0 Å². The van der Waals surface area contributed by atoms with Gasteiger partial charge in [0.1, 0.15) is 5.82 Å². The number of anilines is 1. The summed E-state index contributed by atoms with van der Waals surface area (Å²) in [5.41, 5.74) is 6.72. The van der Waals surface area contributed by atoms with Gasteiger partial charge in [-0.15, -0.1) is 0 Å². The summed E-state index contributed by atoms with van der Waals surface area (Å²) in [5.74, 6) is 0.434. The quantitative estimate of drug-likeness (QED) is 0.838. The molecule has 0 saturated carbocycles. The van der Waals surface area contributed by atoms with Crippen molar-refractivity contribution in [3.63, 3.8) is 0 Å². The van der Waals surface area contributed by atoms with E-state index in [1.165, 1.54) is 0 Å². The summed E-state index contributed by atoms with van der Waals surface area (Å²) < 4.78 is 5.55. The highest BCUT2D eigenvalue weighted by Gasteiger charge is 2.19. The molecule has 0 aromatic carbocycles. The fraction of sp³-hybridized carbons (Fsp3) is 0.600. The maximum absolute atomic E-state index is 12.2. The van der Waals surface area contributed by atoms with E-state index in [1.54, 1.807) is 12.1 Å². The lowest BCUT2D eigenvalue weighted by atomic mass is 10.1. The Morgan fingerprint density at radius 1 is 1.45 bits per heavy atom. The maximum atomic E-state index is 12.2. The second-order valence-corrected chi connectivity index (χ2v) is 5.74. The fourth-order valence-corrected chi connectivity index (χ4v) is 1.84. The molecule has 0 saturated heterocycles. The molecule has 0 radical (unpaired) electrons. The Hall–Kier alpha value is -1.62. The van der Waals surface area contributed by atoms with E-state index in [2.05, 4.69) is 10.3 Å². The number of rotatable bonds is 6. The van der Waals surface area contributed by atoms with Crippen molar-refractivity contribution in [2.75, 3.05) is 18.9 Å². The molecule has 0 atom stereocenters. The highest BCUT2D eigenvalue weighted by molar-refractivity contribution is 5.95. The van der Waals surface area contributed by atoms with E-state index in [4.69, 9.17) is 10.5 Å². The van der Waals surface area contributed by atoms with Crippen molar-refractivity contribution in [1.82, 2.24) is 10.3 Å². The van der Waals surface area contributed by atoms with Crippen molar-refractivity contribution in [2.45, 2.75) is 46.1 Å². The Morgan fingerprint density at radius 2 is 2.10 bits per heavy atom. The maximum Gasteiger partial charge on any atom is 0.251 e. The van der Waals surface area contributed by atoms with Crippen LogP contribution >= 0.6 is 0 Å². The first-order valence-electron chi connectivity index (χ1n) is 6.95. The lowest BCUT2D eigenvalue weighted by Gasteiger charge is -2.25. The normalized spacial score (nSPS) is 11.7. The number of hydrogen-bond donors (Lipinski definition) is 2. The van der Waals surface area contributed by atoms with Crippen LogP contribution in [0, 0.1) is 0 Å². The second-order valence-electron chi connectivity index (χ2n) is 5.74. The molecule has 1 heterocycles. The SMILES string of the molecule is CCOC(C)(C)CNC(=O)c1cc(N)nc(C(C)C)c1. The van der Waals surface area contributed by atoms with Gasteiger partial charge in [-0.1, -0.05) is 13.8 Å². The molecule has 5 nitrogen and oxygen atoms in total. The van der Waals surface area contributed by atoms with Crippen molar-refractivity contribution in [1.29, 1.82) is 0 Å². The molecule has 0 bridgehead atoms. The average molecular weight is 279 g/mol. The minimum absolute atomic E-state index is 0.159. The monoisotopic (exact) mass is 279 g/mol. The molecule has 1 aromatic rings. The summed E-state index contributed by atoms with van der Waals surface area (Å²) in [6.45, 7) is 10.9. The van der Waals surface area contributed by atoms with Crippen LogP contribution in [0.4, 0.5) is 5.82 Å². The van der Waals surface area contributed by atoms with E-state index >= 15 is 0 Å². The third-order valence-electron chi connectivity index (χ3n) is 2.93. The summed E-state index contributed by atoms with van der Waals surface area (Å²) in [6.07, 6.45) is 0. The first-order valence-corrected chi connectivity index (χ1v) is 6.95. The third kappa shape index (κ3) is 4.81. The molecule has 0 unspecified atom stereocenters.